The Morgan fingerprint density at radius 3 is 2.43 bits per heavy atom. The van der Waals surface area contributed by atoms with Gasteiger partial charge in [0.05, 0.1) is 6.61 Å². The van der Waals surface area contributed by atoms with Gasteiger partial charge in [0.1, 0.15) is 14.3 Å². The summed E-state index contributed by atoms with van der Waals surface area (Å²) < 4.78 is 9.17. The van der Waals surface area contributed by atoms with Gasteiger partial charge >= 0.3 is 21.2 Å². The Bertz CT molecular complexity index is 444. The maximum Gasteiger partial charge on any atom is 0.350 e. The molecule has 116 valence electrons. The molecule has 1 saturated carbocycles. The Labute approximate surface area is 141 Å². The molecule has 0 heterocycles. The van der Waals surface area contributed by atoms with Gasteiger partial charge in [0, 0.05) is 0 Å². The van der Waals surface area contributed by atoms with Crippen LogP contribution in [0.3, 0.4) is 0 Å². The van der Waals surface area contributed by atoms with E-state index in [1.807, 2.05) is 0 Å². The average Bonchev–Trinajstić information content (AvgIpc) is 2.47. The van der Waals surface area contributed by atoms with Crippen LogP contribution in [0.1, 0.15) is 32.1 Å². The molecule has 1 aliphatic rings. The lowest BCUT2D eigenvalue weighted by Gasteiger charge is -2.21. The summed E-state index contributed by atoms with van der Waals surface area (Å²) in [5.74, 6) is 0.799. The van der Waals surface area contributed by atoms with Crippen LogP contribution >= 0.6 is 0 Å². The van der Waals surface area contributed by atoms with Crippen molar-refractivity contribution in [3.8, 4) is 0 Å². The lowest BCUT2D eigenvalue weighted by atomic mass is 9.90. The summed E-state index contributed by atoms with van der Waals surface area (Å²) in [6.07, 6.45) is 9.10. The molecule has 1 aromatic carbocycles. The van der Waals surface area contributed by atoms with Crippen molar-refractivity contribution in [2.24, 2.45) is 5.92 Å². The first-order valence-corrected chi connectivity index (χ1v) is 13.7. The summed E-state index contributed by atoms with van der Waals surface area (Å²) in [6, 6.07) is 10.9. The lowest BCUT2D eigenvalue weighted by Crippen LogP contribution is -3.61. The molecular weight excluding hydrogens is 387 g/mol. The molecule has 0 aliphatic heterocycles. The first-order chi connectivity index (χ1) is 10.1. The topological polar surface area (TPSA) is 9.23 Å². The van der Waals surface area contributed by atoms with Crippen LogP contribution in [0.25, 0.3) is 0 Å². The highest BCUT2D eigenvalue weighted by Crippen LogP contribution is 2.23. The third kappa shape index (κ3) is 6.15. The smallest absolute Gasteiger partial charge is 0.350 e. The molecule has 0 amide bonds. The van der Waals surface area contributed by atoms with Crippen molar-refractivity contribution in [3.63, 3.8) is 0 Å². The van der Waals surface area contributed by atoms with Gasteiger partial charge in [-0.15, -0.1) is 0 Å². The fourth-order valence-corrected chi connectivity index (χ4v) is 8.18. The van der Waals surface area contributed by atoms with Crippen LogP contribution in [0, 0.1) is 9.49 Å². The van der Waals surface area contributed by atoms with Crippen molar-refractivity contribution in [1.82, 2.24) is 0 Å². The molecule has 1 aromatic rings. The van der Waals surface area contributed by atoms with Gasteiger partial charge in [-0.2, -0.15) is 0 Å². The second kappa shape index (κ2) is 8.37. The van der Waals surface area contributed by atoms with Gasteiger partial charge in [0.25, 0.3) is 0 Å². The number of ether oxygens (including phenoxy) is 1. The largest absolute Gasteiger partial charge is 0.497 e. The Balaban J connectivity index is 1.93. The van der Waals surface area contributed by atoms with E-state index < -0.39 is 8.07 Å². The maximum atomic E-state index is 6.03. The lowest BCUT2D eigenvalue weighted by molar-refractivity contribution is -0.568. The van der Waals surface area contributed by atoms with Crippen molar-refractivity contribution >= 4 is 8.07 Å². The number of hydrogen-bond acceptors (Lipinski definition) is 1. The van der Waals surface area contributed by atoms with Gasteiger partial charge in [-0.25, -0.2) is 0 Å². The van der Waals surface area contributed by atoms with E-state index in [0.29, 0.717) is 0 Å². The molecule has 1 nitrogen and oxygen atoms in total. The van der Waals surface area contributed by atoms with E-state index in [0.717, 1.165) is 12.5 Å². The minimum Gasteiger partial charge on any atom is -0.497 e. The van der Waals surface area contributed by atoms with Crippen LogP contribution in [0.15, 0.2) is 39.8 Å². The van der Waals surface area contributed by atoms with E-state index in [1.54, 1.807) is 3.20 Å². The molecule has 2 rings (SSSR count). The number of halogens is 1. The summed E-state index contributed by atoms with van der Waals surface area (Å²) in [4.78, 5) is 0. The van der Waals surface area contributed by atoms with Crippen LogP contribution in [0.2, 0.25) is 19.6 Å². The number of benzene rings is 1. The second-order valence-electron chi connectivity index (χ2n) is 6.94. The van der Waals surface area contributed by atoms with Crippen molar-refractivity contribution in [2.45, 2.75) is 51.7 Å². The third-order valence-electron chi connectivity index (χ3n) is 3.90. The SMILES string of the molecule is C[Si](C)(C)/C(=C\OCC1CCCCC1)[I+]c1ccccc1. The summed E-state index contributed by atoms with van der Waals surface area (Å²) in [7, 11) is -1.27. The normalized spacial score (nSPS) is 17.8. The maximum absolute atomic E-state index is 6.03. The van der Waals surface area contributed by atoms with Gasteiger partial charge in [-0.3, -0.25) is 0 Å². The van der Waals surface area contributed by atoms with Crippen molar-refractivity contribution < 1.29 is 25.9 Å². The monoisotopic (exact) mass is 415 g/mol. The molecule has 0 spiro atoms. The molecular formula is C18H28IOSi+. The summed E-state index contributed by atoms with van der Waals surface area (Å²) in [5.41, 5.74) is 0. The van der Waals surface area contributed by atoms with Crippen LogP contribution in [0.4, 0.5) is 0 Å². The van der Waals surface area contributed by atoms with Crippen molar-refractivity contribution in [3.05, 3.63) is 43.4 Å². The first kappa shape index (κ1) is 17.1. The zero-order valence-corrected chi connectivity index (χ0v) is 16.7. The highest BCUT2D eigenvalue weighted by molar-refractivity contribution is 6.82. The van der Waals surface area contributed by atoms with Gasteiger partial charge in [0.15, 0.2) is 6.77 Å². The quantitative estimate of drug-likeness (QED) is 0.394. The zero-order chi connectivity index (χ0) is 15.1. The summed E-state index contributed by atoms with van der Waals surface area (Å²) >= 11 is -0.0622. The highest BCUT2D eigenvalue weighted by atomic mass is 127. The number of hydrogen-bond donors (Lipinski definition) is 0. The van der Waals surface area contributed by atoms with Crippen LogP contribution in [-0.2, 0) is 4.74 Å². The van der Waals surface area contributed by atoms with Gasteiger partial charge in [-0.05, 0) is 30.9 Å². The van der Waals surface area contributed by atoms with E-state index in [1.165, 1.54) is 35.7 Å². The zero-order valence-electron chi connectivity index (χ0n) is 13.6. The average molecular weight is 415 g/mol. The fourth-order valence-electron chi connectivity index (χ4n) is 2.55. The summed E-state index contributed by atoms with van der Waals surface area (Å²) in [6.45, 7) is 8.24. The van der Waals surface area contributed by atoms with E-state index >= 15 is 0 Å². The third-order valence-corrected chi connectivity index (χ3v) is 13.1. The fraction of sp³-hybridized carbons (Fsp3) is 0.556. The molecule has 0 unspecified atom stereocenters. The molecule has 3 heteroatoms. The van der Waals surface area contributed by atoms with Crippen LogP contribution in [0.5, 0.6) is 0 Å². The standard InChI is InChI=1S/C18H28IOSi/c1-21(2,3)18(19-17-12-8-5-9-13-17)15-20-14-16-10-6-4-7-11-16/h5,8-9,12-13,15-16H,4,6-7,10-11,14H2,1-3H3/q+1/b18-15-. The molecule has 0 radical (unpaired) electrons. The van der Waals surface area contributed by atoms with Crippen molar-refractivity contribution in [2.75, 3.05) is 6.61 Å². The Kier molecular flexibility index (Phi) is 6.80. The Morgan fingerprint density at radius 2 is 1.81 bits per heavy atom. The Morgan fingerprint density at radius 1 is 1.14 bits per heavy atom. The molecule has 0 N–H and O–H groups in total. The van der Waals surface area contributed by atoms with Crippen molar-refractivity contribution in [1.29, 1.82) is 0 Å². The molecule has 1 aliphatic carbocycles. The van der Waals surface area contributed by atoms with E-state index in [9.17, 15) is 0 Å². The molecule has 0 bridgehead atoms. The molecule has 0 aromatic heterocycles. The minimum absolute atomic E-state index is 0.0622. The predicted molar refractivity (Wildman–Crippen MR) is 89.1 cm³/mol. The van der Waals surface area contributed by atoms with Gasteiger partial charge in [0.2, 0.25) is 0 Å². The van der Waals surface area contributed by atoms with Crippen LogP contribution in [-0.4, -0.2) is 14.7 Å². The van der Waals surface area contributed by atoms with Gasteiger partial charge < -0.3 is 4.74 Å². The second-order valence-corrected chi connectivity index (χ2v) is 15.9. The molecule has 0 saturated heterocycles. The minimum atomic E-state index is -1.27. The first-order valence-electron chi connectivity index (χ1n) is 8.08. The summed E-state index contributed by atoms with van der Waals surface area (Å²) in [5, 5.41) is 0. The molecule has 21 heavy (non-hydrogen) atoms. The van der Waals surface area contributed by atoms with E-state index in [2.05, 4.69) is 56.2 Å². The predicted octanol–water partition coefficient (Wildman–Crippen LogP) is 2.26. The van der Waals surface area contributed by atoms with Crippen LogP contribution < -0.4 is 21.2 Å². The molecule has 0 atom stereocenters. The van der Waals surface area contributed by atoms with E-state index in [-0.39, 0.29) is 21.2 Å². The Hall–Kier alpha value is -0.293. The molecule has 1 fully saturated rings. The van der Waals surface area contributed by atoms with E-state index in [4.69, 9.17) is 4.74 Å². The number of rotatable bonds is 6. The highest BCUT2D eigenvalue weighted by Gasteiger charge is 2.33. The van der Waals surface area contributed by atoms with Gasteiger partial charge in [-0.1, -0.05) is 57.1 Å².